The van der Waals surface area contributed by atoms with Crippen molar-refractivity contribution in [3.8, 4) is 0 Å². The van der Waals surface area contributed by atoms with E-state index in [1.54, 1.807) is 6.20 Å². The highest BCUT2D eigenvalue weighted by Gasteiger charge is 2.25. The molecule has 2 unspecified atom stereocenters. The third kappa shape index (κ3) is 3.96. The zero-order chi connectivity index (χ0) is 14.4. The summed E-state index contributed by atoms with van der Waals surface area (Å²) in [6.45, 7) is 3.07. The van der Waals surface area contributed by atoms with Crippen LogP contribution in [0.15, 0.2) is 12.4 Å². The molecule has 0 aromatic carbocycles. The van der Waals surface area contributed by atoms with Crippen molar-refractivity contribution in [1.29, 1.82) is 0 Å². The van der Waals surface area contributed by atoms with Crippen molar-refractivity contribution >= 4 is 11.7 Å². The maximum atomic E-state index is 12.0. The van der Waals surface area contributed by atoms with Gasteiger partial charge in [0, 0.05) is 31.3 Å². The molecule has 1 saturated carbocycles. The second-order valence-corrected chi connectivity index (χ2v) is 5.42. The van der Waals surface area contributed by atoms with E-state index in [9.17, 15) is 9.90 Å². The van der Waals surface area contributed by atoms with Crippen LogP contribution in [0, 0.1) is 5.92 Å². The number of urea groups is 1. The van der Waals surface area contributed by atoms with E-state index in [0.29, 0.717) is 5.69 Å². The van der Waals surface area contributed by atoms with E-state index in [2.05, 4.69) is 22.7 Å². The Morgan fingerprint density at radius 1 is 1.50 bits per heavy atom. The molecule has 1 aliphatic rings. The Hall–Kier alpha value is -1.56. The first-order chi connectivity index (χ1) is 9.72. The number of amides is 2. The SMILES string of the molecule is CCCn1cc(NC(=O)NC2CCCCC2CO)cn1. The first kappa shape index (κ1) is 14.8. The van der Waals surface area contributed by atoms with Crippen LogP contribution in [0.2, 0.25) is 0 Å². The minimum Gasteiger partial charge on any atom is -0.396 e. The summed E-state index contributed by atoms with van der Waals surface area (Å²) in [5, 5.41) is 19.3. The van der Waals surface area contributed by atoms with E-state index in [-0.39, 0.29) is 24.6 Å². The third-order valence-electron chi connectivity index (χ3n) is 3.80. The second-order valence-electron chi connectivity index (χ2n) is 5.42. The van der Waals surface area contributed by atoms with Gasteiger partial charge in [0.2, 0.25) is 0 Å². The van der Waals surface area contributed by atoms with Crippen LogP contribution in [0.5, 0.6) is 0 Å². The molecule has 0 bridgehead atoms. The summed E-state index contributed by atoms with van der Waals surface area (Å²) in [6, 6.07) is -0.147. The Bertz CT molecular complexity index is 433. The van der Waals surface area contributed by atoms with Crippen LogP contribution in [0.3, 0.4) is 0 Å². The summed E-state index contributed by atoms with van der Waals surface area (Å²) in [5.41, 5.74) is 0.701. The lowest BCUT2D eigenvalue weighted by Gasteiger charge is -2.30. The molecule has 0 radical (unpaired) electrons. The molecular formula is C14H24N4O2. The van der Waals surface area contributed by atoms with Gasteiger partial charge in [-0.3, -0.25) is 4.68 Å². The molecule has 0 saturated heterocycles. The maximum Gasteiger partial charge on any atom is 0.319 e. The summed E-state index contributed by atoms with van der Waals surface area (Å²) in [5.74, 6) is 0.178. The Morgan fingerprint density at radius 2 is 2.30 bits per heavy atom. The van der Waals surface area contributed by atoms with E-state index in [1.807, 2.05) is 10.9 Å². The van der Waals surface area contributed by atoms with Gasteiger partial charge in [-0.2, -0.15) is 5.10 Å². The number of carbonyl (C=O) groups is 1. The van der Waals surface area contributed by atoms with Gasteiger partial charge in [-0.25, -0.2) is 4.79 Å². The van der Waals surface area contributed by atoms with Crippen molar-refractivity contribution in [2.24, 2.45) is 5.92 Å². The Kier molecular flexibility index (Phi) is 5.40. The van der Waals surface area contributed by atoms with Crippen LogP contribution in [-0.2, 0) is 6.54 Å². The van der Waals surface area contributed by atoms with Crippen LogP contribution in [0.25, 0.3) is 0 Å². The normalized spacial score (nSPS) is 22.5. The van der Waals surface area contributed by atoms with Crippen molar-refractivity contribution in [2.75, 3.05) is 11.9 Å². The maximum absolute atomic E-state index is 12.0. The summed E-state index contributed by atoms with van der Waals surface area (Å²) >= 11 is 0. The van der Waals surface area contributed by atoms with E-state index < -0.39 is 0 Å². The molecule has 2 atom stereocenters. The molecule has 1 aromatic rings. The van der Waals surface area contributed by atoms with Gasteiger partial charge in [0.1, 0.15) is 0 Å². The van der Waals surface area contributed by atoms with Gasteiger partial charge in [-0.1, -0.05) is 19.8 Å². The summed E-state index contributed by atoms with van der Waals surface area (Å²) in [7, 11) is 0. The number of anilines is 1. The van der Waals surface area contributed by atoms with Gasteiger partial charge in [0.15, 0.2) is 0 Å². The molecule has 1 aliphatic carbocycles. The van der Waals surface area contributed by atoms with Crippen molar-refractivity contribution < 1.29 is 9.90 Å². The molecule has 0 aliphatic heterocycles. The molecular weight excluding hydrogens is 256 g/mol. The minimum absolute atomic E-state index is 0.0689. The molecule has 2 rings (SSSR count). The molecule has 0 spiro atoms. The fourth-order valence-electron chi connectivity index (χ4n) is 2.73. The third-order valence-corrected chi connectivity index (χ3v) is 3.80. The first-order valence-electron chi connectivity index (χ1n) is 7.43. The number of hydrogen-bond acceptors (Lipinski definition) is 3. The molecule has 6 heteroatoms. The second kappa shape index (κ2) is 7.28. The van der Waals surface area contributed by atoms with E-state index in [1.165, 1.54) is 0 Å². The average molecular weight is 280 g/mol. The summed E-state index contributed by atoms with van der Waals surface area (Å²) < 4.78 is 1.81. The minimum atomic E-state index is -0.216. The fourth-order valence-corrected chi connectivity index (χ4v) is 2.73. The van der Waals surface area contributed by atoms with Crippen molar-refractivity contribution in [1.82, 2.24) is 15.1 Å². The van der Waals surface area contributed by atoms with E-state index in [0.717, 1.165) is 38.6 Å². The number of aliphatic hydroxyl groups excluding tert-OH is 1. The molecule has 1 heterocycles. The lowest BCUT2D eigenvalue weighted by molar-refractivity contribution is 0.156. The predicted molar refractivity (Wildman–Crippen MR) is 77.5 cm³/mol. The Morgan fingerprint density at radius 3 is 3.05 bits per heavy atom. The number of hydrogen-bond donors (Lipinski definition) is 3. The van der Waals surface area contributed by atoms with Crippen LogP contribution < -0.4 is 10.6 Å². The number of aryl methyl sites for hydroxylation is 1. The number of aromatic nitrogens is 2. The quantitative estimate of drug-likeness (QED) is 0.771. The van der Waals surface area contributed by atoms with Gasteiger partial charge < -0.3 is 15.7 Å². The zero-order valence-corrected chi connectivity index (χ0v) is 12.0. The smallest absolute Gasteiger partial charge is 0.319 e. The van der Waals surface area contributed by atoms with Gasteiger partial charge in [-0.15, -0.1) is 0 Å². The lowest BCUT2D eigenvalue weighted by Crippen LogP contribution is -2.45. The number of rotatable bonds is 5. The average Bonchev–Trinajstić information content (AvgIpc) is 2.87. The van der Waals surface area contributed by atoms with Crippen LogP contribution >= 0.6 is 0 Å². The highest BCUT2D eigenvalue weighted by Crippen LogP contribution is 2.24. The number of nitrogens with one attached hydrogen (secondary N) is 2. The number of carbonyl (C=O) groups excluding carboxylic acids is 1. The molecule has 6 nitrogen and oxygen atoms in total. The number of nitrogens with zero attached hydrogens (tertiary/aromatic N) is 2. The Labute approximate surface area is 119 Å². The molecule has 3 N–H and O–H groups in total. The lowest BCUT2D eigenvalue weighted by atomic mass is 9.85. The van der Waals surface area contributed by atoms with Crippen molar-refractivity contribution in [3.05, 3.63) is 12.4 Å². The largest absolute Gasteiger partial charge is 0.396 e. The highest BCUT2D eigenvalue weighted by molar-refractivity contribution is 5.89. The summed E-state index contributed by atoms with van der Waals surface area (Å²) in [6.07, 6.45) is 8.65. The summed E-state index contributed by atoms with van der Waals surface area (Å²) in [4.78, 5) is 12.0. The zero-order valence-electron chi connectivity index (χ0n) is 12.0. The number of aliphatic hydroxyl groups is 1. The highest BCUT2D eigenvalue weighted by atomic mass is 16.3. The van der Waals surface area contributed by atoms with Gasteiger partial charge in [-0.05, 0) is 19.3 Å². The molecule has 1 fully saturated rings. The van der Waals surface area contributed by atoms with Crippen LogP contribution in [0.1, 0.15) is 39.0 Å². The van der Waals surface area contributed by atoms with Crippen molar-refractivity contribution in [2.45, 2.75) is 51.6 Å². The molecule has 2 amide bonds. The molecule has 1 aromatic heterocycles. The monoisotopic (exact) mass is 280 g/mol. The standard InChI is InChI=1S/C14H24N4O2/c1-2-7-18-9-12(8-15-18)16-14(20)17-13-6-4-3-5-11(13)10-19/h8-9,11,13,19H,2-7,10H2,1H3,(H2,16,17,20). The predicted octanol–water partition coefficient (Wildman–Crippen LogP) is 1.97. The van der Waals surface area contributed by atoms with E-state index in [4.69, 9.17) is 0 Å². The molecule has 20 heavy (non-hydrogen) atoms. The van der Waals surface area contributed by atoms with E-state index >= 15 is 0 Å². The topological polar surface area (TPSA) is 79.2 Å². The van der Waals surface area contributed by atoms with Gasteiger partial charge in [0.25, 0.3) is 0 Å². The first-order valence-corrected chi connectivity index (χ1v) is 7.43. The van der Waals surface area contributed by atoms with Gasteiger partial charge >= 0.3 is 6.03 Å². The Balaban J connectivity index is 1.84. The van der Waals surface area contributed by atoms with Crippen LogP contribution in [0.4, 0.5) is 10.5 Å². The van der Waals surface area contributed by atoms with Crippen molar-refractivity contribution in [3.63, 3.8) is 0 Å². The molecule has 112 valence electrons. The fraction of sp³-hybridized carbons (Fsp3) is 0.714. The van der Waals surface area contributed by atoms with Gasteiger partial charge in [0.05, 0.1) is 11.9 Å². The van der Waals surface area contributed by atoms with Crippen LogP contribution in [-0.4, -0.2) is 33.6 Å².